The molecule has 2 aliphatic heterocycles. The van der Waals surface area contributed by atoms with Crippen molar-refractivity contribution in [1.29, 1.82) is 0 Å². The quantitative estimate of drug-likeness (QED) is 0.758. The van der Waals surface area contributed by atoms with Gasteiger partial charge in [0.15, 0.2) is 18.3 Å². The molecule has 3 aliphatic rings. The molecule has 1 aromatic rings. The highest BCUT2D eigenvalue weighted by atomic mass is 19.1. The van der Waals surface area contributed by atoms with Crippen LogP contribution in [0.4, 0.5) is 10.2 Å². The Morgan fingerprint density at radius 2 is 2.03 bits per heavy atom. The Labute approximate surface area is 171 Å². The molecule has 1 atom stereocenters. The standard InChI is InChI=1S/C21H32FN5O2/c1-15-20-18(6-8-23-15)29-25-21(20)27-12-10-26(11-13-27)9-7-16-2-4-17(5-3-16)24-19(28)14-22/h6,8,15-17,23H,2-5,7,9-14H2,1H3,(H,24,28). The average Bonchev–Trinajstić information content (AvgIpc) is 3.19. The number of aromatic nitrogens is 1. The summed E-state index contributed by atoms with van der Waals surface area (Å²) in [5.74, 6) is 2.10. The third-order valence-corrected chi connectivity index (χ3v) is 6.61. The summed E-state index contributed by atoms with van der Waals surface area (Å²) < 4.78 is 17.9. The first-order chi connectivity index (χ1) is 14.1. The minimum atomic E-state index is -0.908. The Hall–Kier alpha value is -2.09. The van der Waals surface area contributed by atoms with Crippen molar-refractivity contribution in [2.45, 2.75) is 51.1 Å². The number of halogens is 1. The number of alkyl halides is 1. The fraction of sp³-hybridized carbons (Fsp3) is 0.714. The van der Waals surface area contributed by atoms with Crippen LogP contribution >= 0.6 is 0 Å². The number of hydrogen-bond donors (Lipinski definition) is 2. The summed E-state index contributed by atoms with van der Waals surface area (Å²) in [4.78, 5) is 16.1. The van der Waals surface area contributed by atoms with Crippen LogP contribution in [0.5, 0.6) is 0 Å². The van der Waals surface area contributed by atoms with Crippen molar-refractivity contribution in [3.05, 3.63) is 17.5 Å². The summed E-state index contributed by atoms with van der Waals surface area (Å²) in [5.41, 5.74) is 1.16. The zero-order valence-electron chi connectivity index (χ0n) is 17.2. The van der Waals surface area contributed by atoms with Crippen molar-refractivity contribution in [2.24, 2.45) is 5.92 Å². The van der Waals surface area contributed by atoms with Gasteiger partial charge in [-0.1, -0.05) is 5.16 Å². The smallest absolute Gasteiger partial charge is 0.251 e. The summed E-state index contributed by atoms with van der Waals surface area (Å²) in [6, 6.07) is 0.386. The lowest BCUT2D eigenvalue weighted by Gasteiger charge is -2.36. The van der Waals surface area contributed by atoms with Gasteiger partial charge < -0.3 is 20.1 Å². The molecule has 1 aliphatic carbocycles. The largest absolute Gasteiger partial charge is 0.384 e. The van der Waals surface area contributed by atoms with Gasteiger partial charge >= 0.3 is 0 Å². The fourth-order valence-corrected chi connectivity index (χ4v) is 4.82. The van der Waals surface area contributed by atoms with E-state index in [1.165, 1.54) is 6.42 Å². The second-order valence-corrected chi connectivity index (χ2v) is 8.54. The van der Waals surface area contributed by atoms with Crippen LogP contribution in [-0.2, 0) is 4.79 Å². The number of anilines is 1. The van der Waals surface area contributed by atoms with Gasteiger partial charge in [-0.15, -0.1) is 0 Å². The molecule has 1 amide bonds. The SMILES string of the molecule is CC1NC=Cc2onc(N3CCN(CCC4CCC(NC(=O)CF)CC4)CC3)c21. The van der Waals surface area contributed by atoms with Gasteiger partial charge in [-0.3, -0.25) is 9.69 Å². The van der Waals surface area contributed by atoms with Gasteiger partial charge in [0.05, 0.1) is 11.6 Å². The monoisotopic (exact) mass is 405 g/mol. The van der Waals surface area contributed by atoms with Gasteiger partial charge in [0.25, 0.3) is 5.91 Å². The molecule has 3 heterocycles. The molecule has 160 valence electrons. The molecule has 29 heavy (non-hydrogen) atoms. The van der Waals surface area contributed by atoms with Crippen LogP contribution in [0.3, 0.4) is 0 Å². The highest BCUT2D eigenvalue weighted by Crippen LogP contribution is 2.33. The number of carbonyl (C=O) groups excluding carboxylic acids is 1. The Morgan fingerprint density at radius 3 is 2.76 bits per heavy atom. The molecule has 1 unspecified atom stereocenters. The zero-order chi connectivity index (χ0) is 20.2. The summed E-state index contributed by atoms with van der Waals surface area (Å²) >= 11 is 0. The second kappa shape index (κ2) is 9.15. The highest BCUT2D eigenvalue weighted by Gasteiger charge is 2.28. The van der Waals surface area contributed by atoms with E-state index in [2.05, 4.69) is 32.5 Å². The molecule has 1 saturated heterocycles. The molecular weight excluding hydrogens is 373 g/mol. The second-order valence-electron chi connectivity index (χ2n) is 8.54. The first-order valence-electron chi connectivity index (χ1n) is 10.9. The van der Waals surface area contributed by atoms with E-state index in [0.29, 0.717) is 5.92 Å². The van der Waals surface area contributed by atoms with E-state index in [0.717, 1.165) is 75.5 Å². The molecule has 2 N–H and O–H groups in total. The van der Waals surface area contributed by atoms with Crippen LogP contribution in [0.15, 0.2) is 10.7 Å². The maximum Gasteiger partial charge on any atom is 0.251 e. The van der Waals surface area contributed by atoms with E-state index in [1.807, 2.05) is 12.3 Å². The molecule has 7 nitrogen and oxygen atoms in total. The first kappa shape index (κ1) is 20.2. The van der Waals surface area contributed by atoms with E-state index in [-0.39, 0.29) is 12.1 Å². The van der Waals surface area contributed by atoms with E-state index < -0.39 is 12.6 Å². The zero-order valence-corrected chi connectivity index (χ0v) is 17.2. The third-order valence-electron chi connectivity index (χ3n) is 6.61. The highest BCUT2D eigenvalue weighted by molar-refractivity contribution is 5.77. The van der Waals surface area contributed by atoms with Gasteiger partial charge in [-0.25, -0.2) is 4.39 Å². The normalized spacial score (nSPS) is 27.4. The van der Waals surface area contributed by atoms with Gasteiger partial charge in [-0.2, -0.15) is 0 Å². The van der Waals surface area contributed by atoms with Crippen molar-refractivity contribution in [3.63, 3.8) is 0 Å². The Balaban J connectivity index is 1.19. The molecule has 1 aromatic heterocycles. The topological polar surface area (TPSA) is 73.6 Å². The van der Waals surface area contributed by atoms with Gasteiger partial charge in [0, 0.05) is 38.4 Å². The number of nitrogens with zero attached hydrogens (tertiary/aromatic N) is 3. The Bertz CT molecular complexity index is 721. The number of amides is 1. The van der Waals surface area contributed by atoms with E-state index >= 15 is 0 Å². The fourth-order valence-electron chi connectivity index (χ4n) is 4.82. The lowest BCUT2D eigenvalue weighted by molar-refractivity contribution is -0.122. The minimum absolute atomic E-state index is 0.165. The molecule has 0 spiro atoms. The van der Waals surface area contributed by atoms with Crippen molar-refractivity contribution >= 4 is 17.8 Å². The molecule has 0 bridgehead atoms. The van der Waals surface area contributed by atoms with Crippen molar-refractivity contribution in [1.82, 2.24) is 20.7 Å². The van der Waals surface area contributed by atoms with E-state index in [1.54, 1.807) is 0 Å². The summed E-state index contributed by atoms with van der Waals surface area (Å²) in [6.07, 6.45) is 9.27. The Kier molecular flexibility index (Phi) is 6.37. The number of nitrogens with one attached hydrogen (secondary N) is 2. The number of carbonyl (C=O) groups is 1. The third kappa shape index (κ3) is 4.74. The van der Waals surface area contributed by atoms with Crippen molar-refractivity contribution in [3.8, 4) is 0 Å². The predicted molar refractivity (Wildman–Crippen MR) is 110 cm³/mol. The summed E-state index contributed by atoms with van der Waals surface area (Å²) in [5, 5.41) is 10.4. The van der Waals surface area contributed by atoms with Gasteiger partial charge in [0.2, 0.25) is 0 Å². The maximum absolute atomic E-state index is 12.3. The number of rotatable bonds is 6. The van der Waals surface area contributed by atoms with Crippen LogP contribution in [0.1, 0.15) is 56.4 Å². The van der Waals surface area contributed by atoms with Crippen LogP contribution in [0.25, 0.3) is 6.08 Å². The molecule has 4 rings (SSSR count). The molecule has 0 radical (unpaired) electrons. The van der Waals surface area contributed by atoms with Crippen LogP contribution in [0.2, 0.25) is 0 Å². The molecule has 8 heteroatoms. The number of fused-ring (bicyclic) bond motifs is 1. The molecule has 1 saturated carbocycles. The van der Waals surface area contributed by atoms with E-state index in [9.17, 15) is 9.18 Å². The number of hydrogen-bond acceptors (Lipinski definition) is 6. The predicted octanol–water partition coefficient (Wildman–Crippen LogP) is 2.47. The van der Waals surface area contributed by atoms with Crippen LogP contribution in [0, 0.1) is 5.92 Å². The lowest BCUT2D eigenvalue weighted by Crippen LogP contribution is -2.47. The number of piperazine rings is 1. The van der Waals surface area contributed by atoms with Crippen molar-refractivity contribution in [2.75, 3.05) is 44.3 Å². The Morgan fingerprint density at radius 1 is 1.28 bits per heavy atom. The lowest BCUT2D eigenvalue weighted by atomic mass is 9.84. The van der Waals surface area contributed by atoms with Crippen molar-refractivity contribution < 1.29 is 13.7 Å². The van der Waals surface area contributed by atoms with Gasteiger partial charge in [0.1, 0.15) is 0 Å². The average molecular weight is 406 g/mol. The summed E-state index contributed by atoms with van der Waals surface area (Å²) in [6.45, 7) is 6.38. The van der Waals surface area contributed by atoms with E-state index in [4.69, 9.17) is 4.52 Å². The maximum atomic E-state index is 12.3. The minimum Gasteiger partial charge on any atom is -0.384 e. The summed E-state index contributed by atoms with van der Waals surface area (Å²) in [7, 11) is 0. The van der Waals surface area contributed by atoms with Crippen LogP contribution < -0.4 is 15.5 Å². The molecular formula is C21H32FN5O2. The van der Waals surface area contributed by atoms with Gasteiger partial charge in [-0.05, 0) is 57.6 Å². The molecule has 2 fully saturated rings. The first-order valence-corrected chi connectivity index (χ1v) is 10.9. The molecule has 0 aromatic carbocycles. The van der Waals surface area contributed by atoms with Crippen LogP contribution in [-0.4, -0.2) is 61.4 Å².